The lowest BCUT2D eigenvalue weighted by molar-refractivity contribution is 1.58. The van der Waals surface area contributed by atoms with E-state index in [9.17, 15) is 0 Å². The first-order chi connectivity index (χ1) is 32.7. The van der Waals surface area contributed by atoms with Gasteiger partial charge in [0.1, 0.15) is 0 Å². The number of rotatable bonds is 6. The SMILES string of the molecule is c1ccc2cc(-c3c(-c4cc5cccccc-5c4)c(-c4cc5cccccc-5c4)c(-c4cc5cccccc-5c4)c(-c4cc5cccccc-5c4)c3-c3cc4cccccc-4c3)cc-2cc1. The van der Waals surface area contributed by atoms with Gasteiger partial charge < -0.3 is 0 Å². The van der Waals surface area contributed by atoms with E-state index in [2.05, 4.69) is 255 Å². The zero-order chi connectivity index (χ0) is 43.6. The Labute approximate surface area is 386 Å². The molecular formula is C66H42. The van der Waals surface area contributed by atoms with Crippen molar-refractivity contribution in [3.05, 3.63) is 255 Å². The average Bonchev–Trinajstić information content (AvgIpc) is 4.10. The minimum atomic E-state index is 1.20. The minimum Gasteiger partial charge on any atom is -0.0622 e. The quantitative estimate of drug-likeness (QED) is 0.157. The minimum absolute atomic E-state index is 1.20. The molecule has 0 nitrogen and oxygen atoms in total. The summed E-state index contributed by atoms with van der Waals surface area (Å²) in [5.41, 5.74) is 29.2. The third-order valence-electron chi connectivity index (χ3n) is 13.6. The van der Waals surface area contributed by atoms with Gasteiger partial charge in [0.05, 0.1) is 0 Å². The van der Waals surface area contributed by atoms with Gasteiger partial charge in [-0.05, 0) is 206 Å². The van der Waals surface area contributed by atoms with Crippen LogP contribution < -0.4 is 0 Å². The summed E-state index contributed by atoms with van der Waals surface area (Å²) in [5.74, 6) is 0. The van der Waals surface area contributed by atoms with E-state index in [0.29, 0.717) is 0 Å². The van der Waals surface area contributed by atoms with Gasteiger partial charge in [0.15, 0.2) is 0 Å². The van der Waals surface area contributed by atoms with E-state index >= 15 is 0 Å². The Hall–Kier alpha value is -8.58. The van der Waals surface area contributed by atoms with E-state index in [-0.39, 0.29) is 0 Å². The van der Waals surface area contributed by atoms with Crippen molar-refractivity contribution in [3.63, 3.8) is 0 Å². The Kier molecular flexibility index (Phi) is 8.96. The molecule has 1 aromatic carbocycles. The molecular weight excluding hydrogens is 793 g/mol. The molecule has 0 bridgehead atoms. The molecule has 0 N–H and O–H groups in total. The Bertz CT molecular complexity index is 2880. The molecule has 0 atom stereocenters. The average molecular weight is 835 g/mol. The van der Waals surface area contributed by atoms with Crippen molar-refractivity contribution < 1.29 is 0 Å². The molecule has 0 saturated heterocycles. The fourth-order valence-electron chi connectivity index (χ4n) is 10.6. The van der Waals surface area contributed by atoms with Crippen LogP contribution in [0.3, 0.4) is 0 Å². The van der Waals surface area contributed by atoms with Crippen molar-refractivity contribution in [1.29, 1.82) is 0 Å². The molecule has 13 rings (SSSR count). The third kappa shape index (κ3) is 6.46. The van der Waals surface area contributed by atoms with Gasteiger partial charge in [-0.3, -0.25) is 0 Å². The Morgan fingerprint density at radius 1 is 0.106 bits per heavy atom. The molecule has 0 saturated carbocycles. The summed E-state index contributed by atoms with van der Waals surface area (Å²) in [6.45, 7) is 0. The van der Waals surface area contributed by atoms with Crippen LogP contribution in [0.5, 0.6) is 0 Å². The summed E-state index contributed by atoms with van der Waals surface area (Å²) in [5, 5.41) is 0. The van der Waals surface area contributed by atoms with E-state index in [1.807, 2.05) is 0 Å². The van der Waals surface area contributed by atoms with E-state index < -0.39 is 0 Å². The molecule has 0 fully saturated rings. The molecule has 0 radical (unpaired) electrons. The van der Waals surface area contributed by atoms with Crippen LogP contribution in [0.1, 0.15) is 0 Å². The first kappa shape index (κ1) is 37.9. The first-order valence-corrected chi connectivity index (χ1v) is 22.9. The predicted molar refractivity (Wildman–Crippen MR) is 279 cm³/mol. The zero-order valence-electron chi connectivity index (χ0n) is 36.2. The normalized spacial score (nSPS) is 11.6. The van der Waals surface area contributed by atoms with Crippen molar-refractivity contribution in [1.82, 2.24) is 0 Å². The number of hydrogen-bond donors (Lipinski definition) is 0. The largest absolute Gasteiger partial charge is 0.0622 e. The molecule has 0 unspecified atom stereocenters. The molecule has 0 aliphatic heterocycles. The van der Waals surface area contributed by atoms with Crippen molar-refractivity contribution in [2.75, 3.05) is 0 Å². The van der Waals surface area contributed by atoms with Gasteiger partial charge in [0.25, 0.3) is 0 Å². The van der Waals surface area contributed by atoms with Crippen molar-refractivity contribution in [2.45, 2.75) is 0 Å². The lowest BCUT2D eigenvalue weighted by atomic mass is 9.75. The maximum Gasteiger partial charge on any atom is -0.00134 e. The summed E-state index contributed by atoms with van der Waals surface area (Å²) in [7, 11) is 0. The Morgan fingerprint density at radius 3 is 0.318 bits per heavy atom. The lowest BCUT2D eigenvalue weighted by Crippen LogP contribution is -2.00. The fourth-order valence-corrected chi connectivity index (χ4v) is 10.6. The topological polar surface area (TPSA) is 0 Å². The highest BCUT2D eigenvalue weighted by Gasteiger charge is 2.33. The van der Waals surface area contributed by atoms with Gasteiger partial charge in [0.2, 0.25) is 0 Å². The monoisotopic (exact) mass is 834 g/mol. The van der Waals surface area contributed by atoms with E-state index in [4.69, 9.17) is 0 Å². The van der Waals surface area contributed by atoms with Crippen LogP contribution in [0.25, 0.3) is 134 Å². The van der Waals surface area contributed by atoms with Gasteiger partial charge in [0, 0.05) is 0 Å². The van der Waals surface area contributed by atoms with Crippen LogP contribution in [-0.2, 0) is 0 Å². The summed E-state index contributed by atoms with van der Waals surface area (Å²) in [6, 6.07) is 94.8. The molecule has 0 heteroatoms. The highest BCUT2D eigenvalue weighted by molar-refractivity contribution is 6.18. The summed E-state index contributed by atoms with van der Waals surface area (Å²) in [4.78, 5) is 0. The molecule has 0 heterocycles. The number of benzene rings is 1. The molecule has 0 aromatic heterocycles. The standard InChI is InChI=1S/C66H42/c1-7-19-43-31-55(32-44(43)20-8-1)61-62(56-33-45-21-9-2-10-22-46(45)34-56)64(58-37-49-25-13-4-14-26-50(49)38-58)66(60-41-53-29-17-6-18-30-54(53)42-60)65(59-39-51-27-15-5-16-28-52(51)40-59)63(61)57-35-47-23-11-3-12-24-48(47)36-57/h1-42H. The number of fused-ring (bicyclic) bond motifs is 6. The smallest absolute Gasteiger partial charge is 0.00134 e. The number of hydrogen-bond acceptors (Lipinski definition) is 0. The molecule has 12 aliphatic rings. The predicted octanol–water partition coefficient (Wildman–Crippen LogP) is 18.3. The van der Waals surface area contributed by atoms with Crippen LogP contribution in [0.15, 0.2) is 255 Å². The van der Waals surface area contributed by atoms with Gasteiger partial charge in [-0.2, -0.15) is 0 Å². The van der Waals surface area contributed by atoms with E-state index in [1.54, 1.807) is 0 Å². The second-order valence-electron chi connectivity index (χ2n) is 17.6. The van der Waals surface area contributed by atoms with Crippen LogP contribution in [0.4, 0.5) is 0 Å². The Balaban J connectivity index is 1.32. The molecule has 306 valence electrons. The first-order valence-electron chi connectivity index (χ1n) is 22.9. The molecule has 66 heavy (non-hydrogen) atoms. The molecule has 1 aromatic rings. The second-order valence-corrected chi connectivity index (χ2v) is 17.6. The lowest BCUT2D eigenvalue weighted by Gasteiger charge is -2.27. The van der Waals surface area contributed by atoms with Gasteiger partial charge in [-0.1, -0.05) is 182 Å². The van der Waals surface area contributed by atoms with Gasteiger partial charge in [-0.15, -0.1) is 0 Å². The Morgan fingerprint density at radius 2 is 0.212 bits per heavy atom. The van der Waals surface area contributed by atoms with Crippen molar-refractivity contribution in [2.24, 2.45) is 0 Å². The van der Waals surface area contributed by atoms with Crippen LogP contribution >= 0.6 is 0 Å². The third-order valence-corrected chi connectivity index (χ3v) is 13.6. The molecule has 0 spiro atoms. The fraction of sp³-hybridized carbons (Fsp3) is 0. The van der Waals surface area contributed by atoms with Crippen molar-refractivity contribution >= 4 is 0 Å². The molecule has 0 amide bonds. The van der Waals surface area contributed by atoms with Gasteiger partial charge >= 0.3 is 0 Å². The maximum absolute atomic E-state index is 2.43. The maximum atomic E-state index is 2.43. The van der Waals surface area contributed by atoms with E-state index in [0.717, 1.165) is 0 Å². The zero-order valence-corrected chi connectivity index (χ0v) is 36.2. The van der Waals surface area contributed by atoms with Gasteiger partial charge in [-0.25, -0.2) is 0 Å². The highest BCUT2D eigenvalue weighted by Crippen LogP contribution is 2.60. The molecule has 12 aliphatic carbocycles. The summed E-state index contributed by atoms with van der Waals surface area (Å²) < 4.78 is 0. The van der Waals surface area contributed by atoms with Crippen molar-refractivity contribution in [3.8, 4) is 134 Å². The van der Waals surface area contributed by atoms with Crippen LogP contribution in [0, 0.1) is 0 Å². The highest BCUT2D eigenvalue weighted by atomic mass is 14.4. The second kappa shape index (κ2) is 15.6. The van der Waals surface area contributed by atoms with Crippen LogP contribution in [0.2, 0.25) is 0 Å². The summed E-state index contributed by atoms with van der Waals surface area (Å²) >= 11 is 0. The van der Waals surface area contributed by atoms with E-state index in [1.165, 1.54) is 134 Å². The van der Waals surface area contributed by atoms with Crippen LogP contribution in [-0.4, -0.2) is 0 Å². The summed E-state index contributed by atoms with van der Waals surface area (Å²) in [6.07, 6.45) is 0.